The monoisotopic (exact) mass is 319 g/mol. The van der Waals surface area contributed by atoms with E-state index in [-0.39, 0.29) is 24.5 Å². The summed E-state index contributed by atoms with van der Waals surface area (Å²) in [5, 5.41) is 3.13. The van der Waals surface area contributed by atoms with E-state index in [9.17, 15) is 9.59 Å². The molecular formula is C17H25N3O3. The molecule has 0 bridgehead atoms. The van der Waals surface area contributed by atoms with Crippen molar-refractivity contribution in [2.45, 2.75) is 45.3 Å². The first-order valence-electron chi connectivity index (χ1n) is 8.01. The Kier molecular flexibility index (Phi) is 5.71. The molecule has 0 unspecified atom stereocenters. The Morgan fingerprint density at radius 3 is 2.83 bits per heavy atom. The number of ether oxygens (including phenoxy) is 1. The van der Waals surface area contributed by atoms with Crippen molar-refractivity contribution in [1.29, 1.82) is 0 Å². The SMILES string of the molecule is CC(C)(C)OC(=O)N1CCC[C@H]1CNCC(=O)c1ccccn1. The van der Waals surface area contributed by atoms with Gasteiger partial charge in [0.1, 0.15) is 11.3 Å². The third kappa shape index (κ3) is 5.32. The normalized spacial score (nSPS) is 18.0. The summed E-state index contributed by atoms with van der Waals surface area (Å²) >= 11 is 0. The first-order valence-corrected chi connectivity index (χ1v) is 8.01. The Morgan fingerprint density at radius 2 is 2.17 bits per heavy atom. The van der Waals surface area contributed by atoms with Crippen LogP contribution < -0.4 is 5.32 Å². The molecule has 1 aromatic rings. The second-order valence-electron chi connectivity index (χ2n) is 6.74. The van der Waals surface area contributed by atoms with Gasteiger partial charge in [0, 0.05) is 25.3 Å². The van der Waals surface area contributed by atoms with Gasteiger partial charge in [-0.2, -0.15) is 0 Å². The van der Waals surface area contributed by atoms with E-state index in [0.717, 1.165) is 12.8 Å². The maximum atomic E-state index is 12.2. The van der Waals surface area contributed by atoms with Crippen LogP contribution in [0, 0.1) is 0 Å². The highest BCUT2D eigenvalue weighted by Gasteiger charge is 2.31. The highest BCUT2D eigenvalue weighted by atomic mass is 16.6. The van der Waals surface area contributed by atoms with Crippen molar-refractivity contribution in [2.24, 2.45) is 0 Å². The van der Waals surface area contributed by atoms with Crippen molar-refractivity contribution in [2.75, 3.05) is 19.6 Å². The second-order valence-corrected chi connectivity index (χ2v) is 6.74. The average Bonchev–Trinajstić information content (AvgIpc) is 2.95. The predicted octanol–water partition coefficient (Wildman–Crippen LogP) is 2.25. The molecule has 0 saturated carbocycles. The standard InChI is InChI=1S/C17H25N3O3/c1-17(2,3)23-16(22)20-10-6-7-13(20)11-18-12-15(21)14-8-4-5-9-19-14/h4-5,8-9,13,18H,6-7,10-12H2,1-3H3/t13-/m0/s1. The molecule has 1 N–H and O–H groups in total. The van der Waals surface area contributed by atoms with E-state index in [1.54, 1.807) is 29.3 Å². The third-order valence-corrected chi connectivity index (χ3v) is 3.62. The number of nitrogens with one attached hydrogen (secondary N) is 1. The van der Waals surface area contributed by atoms with E-state index in [1.165, 1.54) is 0 Å². The Hall–Kier alpha value is -1.95. The number of ketones is 1. The van der Waals surface area contributed by atoms with E-state index in [1.807, 2.05) is 20.8 Å². The van der Waals surface area contributed by atoms with Gasteiger partial charge in [0.2, 0.25) is 0 Å². The van der Waals surface area contributed by atoms with Gasteiger partial charge in [0.05, 0.1) is 6.54 Å². The fourth-order valence-corrected chi connectivity index (χ4v) is 2.58. The number of amides is 1. The van der Waals surface area contributed by atoms with Crippen LogP contribution >= 0.6 is 0 Å². The molecule has 0 radical (unpaired) electrons. The van der Waals surface area contributed by atoms with Gasteiger partial charge in [0.25, 0.3) is 0 Å². The van der Waals surface area contributed by atoms with E-state index in [4.69, 9.17) is 4.74 Å². The largest absolute Gasteiger partial charge is 0.444 e. The van der Waals surface area contributed by atoms with Gasteiger partial charge < -0.3 is 15.0 Å². The van der Waals surface area contributed by atoms with Crippen molar-refractivity contribution < 1.29 is 14.3 Å². The van der Waals surface area contributed by atoms with Gasteiger partial charge in [-0.25, -0.2) is 4.79 Å². The summed E-state index contributed by atoms with van der Waals surface area (Å²) in [5.41, 5.74) is -0.0394. The summed E-state index contributed by atoms with van der Waals surface area (Å²) in [6.45, 7) is 7.09. The Bertz CT molecular complexity index is 540. The molecule has 6 nitrogen and oxygen atoms in total. The minimum absolute atomic E-state index is 0.0487. The molecule has 1 aliphatic heterocycles. The van der Waals surface area contributed by atoms with Gasteiger partial charge in [0.15, 0.2) is 5.78 Å². The minimum Gasteiger partial charge on any atom is -0.444 e. The number of nitrogens with zero attached hydrogens (tertiary/aromatic N) is 2. The molecule has 1 amide bonds. The summed E-state index contributed by atoms with van der Waals surface area (Å²) in [7, 11) is 0. The Morgan fingerprint density at radius 1 is 1.39 bits per heavy atom. The van der Waals surface area contributed by atoms with Gasteiger partial charge in [-0.05, 0) is 45.7 Å². The van der Waals surface area contributed by atoms with Crippen LogP contribution in [0.3, 0.4) is 0 Å². The molecule has 1 aromatic heterocycles. The summed E-state index contributed by atoms with van der Waals surface area (Å²) in [6.07, 6.45) is 3.20. The van der Waals surface area contributed by atoms with Crippen LogP contribution in [-0.2, 0) is 4.74 Å². The molecule has 1 aliphatic rings. The van der Waals surface area contributed by atoms with Gasteiger partial charge in [-0.3, -0.25) is 9.78 Å². The quantitative estimate of drug-likeness (QED) is 0.843. The zero-order valence-electron chi connectivity index (χ0n) is 14.0. The lowest BCUT2D eigenvalue weighted by atomic mass is 10.2. The van der Waals surface area contributed by atoms with Gasteiger partial charge >= 0.3 is 6.09 Å². The van der Waals surface area contributed by atoms with Crippen LogP contribution in [-0.4, -0.2) is 53.0 Å². The van der Waals surface area contributed by atoms with Gasteiger partial charge in [-0.15, -0.1) is 0 Å². The van der Waals surface area contributed by atoms with Crippen molar-refractivity contribution in [3.63, 3.8) is 0 Å². The first kappa shape index (κ1) is 17.4. The molecule has 126 valence electrons. The number of hydrogen-bond donors (Lipinski definition) is 1. The maximum absolute atomic E-state index is 12.2. The summed E-state index contributed by atoms with van der Waals surface area (Å²) in [4.78, 5) is 30.0. The number of rotatable bonds is 5. The van der Waals surface area contributed by atoms with Gasteiger partial charge in [-0.1, -0.05) is 6.07 Å². The topological polar surface area (TPSA) is 71.5 Å². The number of Topliss-reactive ketones (excluding diaryl/α,β-unsaturated/α-hetero) is 1. The van der Waals surface area contributed by atoms with E-state index < -0.39 is 5.60 Å². The zero-order chi connectivity index (χ0) is 16.9. The fraction of sp³-hybridized carbons (Fsp3) is 0.588. The zero-order valence-corrected chi connectivity index (χ0v) is 14.0. The molecule has 0 aliphatic carbocycles. The highest BCUT2D eigenvalue weighted by molar-refractivity contribution is 5.95. The number of likely N-dealkylation sites (tertiary alicyclic amines) is 1. The molecule has 1 fully saturated rings. The lowest BCUT2D eigenvalue weighted by Gasteiger charge is -2.28. The van der Waals surface area contributed by atoms with Crippen LogP contribution in [0.2, 0.25) is 0 Å². The number of hydrogen-bond acceptors (Lipinski definition) is 5. The van der Waals surface area contributed by atoms with Crippen LogP contribution in [0.1, 0.15) is 44.1 Å². The van der Waals surface area contributed by atoms with Crippen molar-refractivity contribution in [1.82, 2.24) is 15.2 Å². The number of pyridine rings is 1. The average molecular weight is 319 g/mol. The van der Waals surface area contributed by atoms with Crippen LogP contribution in [0.5, 0.6) is 0 Å². The van der Waals surface area contributed by atoms with Crippen molar-refractivity contribution >= 4 is 11.9 Å². The van der Waals surface area contributed by atoms with Crippen LogP contribution in [0.15, 0.2) is 24.4 Å². The molecule has 2 heterocycles. The molecule has 0 aromatic carbocycles. The number of carbonyl (C=O) groups excluding carboxylic acids is 2. The lowest BCUT2D eigenvalue weighted by Crippen LogP contribution is -2.44. The number of carbonyl (C=O) groups is 2. The maximum Gasteiger partial charge on any atom is 0.410 e. The molecule has 1 atom stereocenters. The van der Waals surface area contributed by atoms with E-state index in [2.05, 4.69) is 10.3 Å². The van der Waals surface area contributed by atoms with Crippen molar-refractivity contribution in [3.8, 4) is 0 Å². The van der Waals surface area contributed by atoms with Crippen LogP contribution in [0.4, 0.5) is 4.79 Å². The second kappa shape index (κ2) is 7.55. The Balaban J connectivity index is 1.80. The molecule has 0 spiro atoms. The van der Waals surface area contributed by atoms with E-state index >= 15 is 0 Å². The van der Waals surface area contributed by atoms with Crippen molar-refractivity contribution in [3.05, 3.63) is 30.1 Å². The summed E-state index contributed by atoms with van der Waals surface area (Å²) in [5.74, 6) is -0.0487. The van der Waals surface area contributed by atoms with Crippen LogP contribution in [0.25, 0.3) is 0 Å². The Labute approximate surface area is 137 Å². The van der Waals surface area contributed by atoms with E-state index in [0.29, 0.717) is 18.8 Å². The summed E-state index contributed by atoms with van der Waals surface area (Å²) in [6, 6.07) is 5.34. The smallest absolute Gasteiger partial charge is 0.410 e. The third-order valence-electron chi connectivity index (χ3n) is 3.62. The molecule has 6 heteroatoms. The first-order chi connectivity index (χ1) is 10.9. The molecule has 1 saturated heterocycles. The fourth-order valence-electron chi connectivity index (χ4n) is 2.58. The number of aromatic nitrogens is 1. The highest BCUT2D eigenvalue weighted by Crippen LogP contribution is 2.20. The summed E-state index contributed by atoms with van der Waals surface area (Å²) < 4.78 is 5.43. The lowest BCUT2D eigenvalue weighted by molar-refractivity contribution is 0.0227. The molecular weight excluding hydrogens is 294 g/mol. The minimum atomic E-state index is -0.493. The molecule has 23 heavy (non-hydrogen) atoms. The molecule has 2 rings (SSSR count). The predicted molar refractivity (Wildman–Crippen MR) is 87.4 cm³/mol.